The number of unbranched alkanes of at least 4 members (excludes halogenated alkanes) is 6. The van der Waals surface area contributed by atoms with Crippen LogP contribution in [0.25, 0.3) is 0 Å². The van der Waals surface area contributed by atoms with Crippen molar-refractivity contribution in [3.63, 3.8) is 0 Å². The summed E-state index contributed by atoms with van der Waals surface area (Å²) >= 11 is 6.09. The Hall–Kier alpha value is -1.89. The van der Waals surface area contributed by atoms with E-state index in [4.69, 9.17) is 0 Å². The number of thioether (sulfide) groups is 3. The fraction of sp³-hybridized carbons (Fsp3) is 0.714. The Morgan fingerprint density at radius 3 is 0.942 bits per heavy atom. The molecule has 6 heteroatoms. The van der Waals surface area contributed by atoms with Gasteiger partial charge in [-0.15, -0.1) is 35.3 Å². The number of rotatable bonds is 21. The molecular weight excluding hydrogens is 901 g/mol. The smallest absolute Gasteiger partial charge is 0.123 e. The fourth-order valence-corrected chi connectivity index (χ4v) is 17.5. The molecule has 69 heavy (non-hydrogen) atoms. The van der Waals surface area contributed by atoms with Crippen molar-refractivity contribution in [2.45, 2.75) is 298 Å². The zero-order chi connectivity index (χ0) is 52.4. The Kier molecular flexibility index (Phi) is 19.3. The zero-order valence-corrected chi connectivity index (χ0v) is 50.6. The van der Waals surface area contributed by atoms with Crippen molar-refractivity contribution >= 4 is 35.3 Å². The summed E-state index contributed by atoms with van der Waals surface area (Å²) in [7, 11) is 0. The van der Waals surface area contributed by atoms with Crippen LogP contribution in [0.15, 0.2) is 51.1 Å². The van der Waals surface area contributed by atoms with Crippen molar-refractivity contribution < 1.29 is 15.3 Å². The average Bonchev–Trinajstić information content (AvgIpc) is 3.17. The van der Waals surface area contributed by atoms with Crippen LogP contribution in [0.4, 0.5) is 0 Å². The molecule has 0 saturated heterocycles. The number of benzene rings is 3. The molecule has 0 radical (unpaired) electrons. The summed E-state index contributed by atoms with van der Waals surface area (Å²) in [5, 5.41) is 36.7. The van der Waals surface area contributed by atoms with Crippen LogP contribution in [0.3, 0.4) is 0 Å². The van der Waals surface area contributed by atoms with Crippen molar-refractivity contribution in [1.82, 2.24) is 0 Å². The number of phenolic OH excluding ortho intramolecular Hbond substituents is 3. The van der Waals surface area contributed by atoms with Crippen LogP contribution in [0.5, 0.6) is 17.2 Å². The lowest BCUT2D eigenvalue weighted by Crippen LogP contribution is -2.45. The van der Waals surface area contributed by atoms with Gasteiger partial charge in [-0.3, -0.25) is 0 Å². The SMILES string of the molecule is CCCCCC(C)(C)c1cc(SC2(C)CC(C)(C)CC(Sc3cc(C(C)(C)C)c(O)c(C(C)(C)CCCCC)c3)(Sc3cc(C(C)(C)C)c(O)c(C(C)(C)CCCCC)c3)C2)cc(C(C)(C)C)c1O. The second kappa shape index (κ2) is 22.3. The van der Waals surface area contributed by atoms with Gasteiger partial charge >= 0.3 is 0 Å². The molecule has 1 aliphatic rings. The second-order valence-corrected chi connectivity index (χ2v) is 32.6. The molecule has 3 aromatic rings. The molecule has 0 amide bonds. The van der Waals surface area contributed by atoms with Crippen LogP contribution in [-0.2, 0) is 32.5 Å². The molecule has 390 valence electrons. The van der Waals surface area contributed by atoms with E-state index >= 15 is 0 Å². The highest BCUT2D eigenvalue weighted by molar-refractivity contribution is 8.18. The van der Waals surface area contributed by atoms with E-state index in [-0.39, 0.29) is 46.7 Å². The lowest BCUT2D eigenvalue weighted by Gasteiger charge is -2.52. The third kappa shape index (κ3) is 15.3. The molecule has 1 atom stereocenters. The molecule has 0 heterocycles. The van der Waals surface area contributed by atoms with Crippen LogP contribution >= 0.6 is 35.3 Å². The van der Waals surface area contributed by atoms with Gasteiger partial charge in [-0.1, -0.05) is 196 Å². The summed E-state index contributed by atoms with van der Waals surface area (Å²) in [4.78, 5) is 3.69. The van der Waals surface area contributed by atoms with Crippen LogP contribution in [-0.4, -0.2) is 24.1 Å². The first-order valence-electron chi connectivity index (χ1n) is 27.2. The molecule has 1 fully saturated rings. The van der Waals surface area contributed by atoms with Crippen molar-refractivity contribution in [1.29, 1.82) is 0 Å². The van der Waals surface area contributed by atoms with Gasteiger partial charge in [-0.05, 0) is 120 Å². The third-order valence-electron chi connectivity index (χ3n) is 15.3. The minimum atomic E-state index is -0.318. The summed E-state index contributed by atoms with van der Waals surface area (Å²) < 4.78 is -0.489. The van der Waals surface area contributed by atoms with Crippen LogP contribution in [0.2, 0.25) is 0 Å². The molecule has 3 N–H and O–H groups in total. The number of aromatic hydroxyl groups is 3. The monoisotopic (exact) mass is 1000 g/mol. The molecule has 1 saturated carbocycles. The van der Waals surface area contributed by atoms with Crippen molar-refractivity contribution in [3.8, 4) is 17.2 Å². The number of hydrogen-bond acceptors (Lipinski definition) is 6. The van der Waals surface area contributed by atoms with Gasteiger partial charge in [-0.25, -0.2) is 0 Å². The Balaban J connectivity index is 2.06. The summed E-state index contributed by atoms with van der Waals surface area (Å²) in [6, 6.07) is 14.0. The molecule has 0 spiro atoms. The normalized spacial score (nSPS) is 18.2. The van der Waals surface area contributed by atoms with Crippen LogP contribution in [0, 0.1) is 5.41 Å². The highest BCUT2D eigenvalue weighted by atomic mass is 32.2. The van der Waals surface area contributed by atoms with Gasteiger partial charge in [0.25, 0.3) is 0 Å². The average molecular weight is 1000 g/mol. The maximum Gasteiger partial charge on any atom is 0.123 e. The highest BCUT2D eigenvalue weighted by Crippen LogP contribution is 2.65. The minimum absolute atomic E-state index is 0.0237. The van der Waals surface area contributed by atoms with Gasteiger partial charge in [0.05, 0.1) is 4.08 Å². The zero-order valence-electron chi connectivity index (χ0n) is 48.1. The fourth-order valence-electron chi connectivity index (χ4n) is 11.6. The van der Waals surface area contributed by atoms with E-state index in [1.165, 1.54) is 53.2 Å². The molecule has 4 rings (SSSR count). The van der Waals surface area contributed by atoms with Crippen LogP contribution < -0.4 is 0 Å². The van der Waals surface area contributed by atoms with E-state index < -0.39 is 0 Å². The Morgan fingerprint density at radius 2 is 0.667 bits per heavy atom. The predicted octanol–water partition coefficient (Wildman–Crippen LogP) is 20.6. The van der Waals surface area contributed by atoms with E-state index in [0.717, 1.165) is 91.2 Å². The molecule has 0 aromatic heterocycles. The molecule has 0 bridgehead atoms. The van der Waals surface area contributed by atoms with Gasteiger partial charge in [0.2, 0.25) is 0 Å². The summed E-state index contributed by atoms with van der Waals surface area (Å²) in [5.74, 6) is 1.38. The number of phenols is 3. The topological polar surface area (TPSA) is 60.7 Å². The molecule has 3 nitrogen and oxygen atoms in total. The first kappa shape index (κ1) is 59.7. The summed E-state index contributed by atoms with van der Waals surface area (Å²) in [6.07, 6.45) is 16.6. The van der Waals surface area contributed by atoms with Gasteiger partial charge in [0.15, 0.2) is 0 Å². The quantitative estimate of drug-likeness (QED) is 0.0730. The molecule has 1 aliphatic carbocycles. The Bertz CT molecular complexity index is 2100. The van der Waals surface area contributed by atoms with Gasteiger partial charge < -0.3 is 15.3 Å². The Morgan fingerprint density at radius 1 is 0.391 bits per heavy atom. The van der Waals surface area contributed by atoms with Gasteiger partial charge in [0, 0.05) is 52.8 Å². The standard InChI is InChI=1S/C63H102O3S3/c1-22-25-28-31-59(15,16)49-37-43(34-46(52(49)64)55(4,5)6)67-62(21)40-58(13,14)41-63(42-62,68-44-35-47(56(7,8)9)53(65)50(38-44)60(17,18)32-29-26-23-2)69-45-36-48(57(10,11)12)54(66)51(39-45)61(19,20)33-30-27-24-3/h34-39,64-66H,22-33,40-42H2,1-21H3. The molecule has 1 unspecified atom stereocenters. The number of hydrogen-bond donors (Lipinski definition) is 3. The van der Waals surface area contributed by atoms with Crippen molar-refractivity contribution in [2.24, 2.45) is 5.41 Å². The van der Waals surface area contributed by atoms with E-state index in [1.54, 1.807) is 0 Å². The van der Waals surface area contributed by atoms with Gasteiger partial charge in [-0.2, -0.15) is 0 Å². The minimum Gasteiger partial charge on any atom is -0.507 e. The highest BCUT2D eigenvalue weighted by Gasteiger charge is 2.52. The first-order valence-corrected chi connectivity index (χ1v) is 29.6. The molecule has 3 aromatic carbocycles. The largest absolute Gasteiger partial charge is 0.507 e. The second-order valence-electron chi connectivity index (χ2n) is 27.7. The maximum absolute atomic E-state index is 12.3. The van der Waals surface area contributed by atoms with Crippen molar-refractivity contribution in [2.75, 3.05) is 0 Å². The molecule has 0 aliphatic heterocycles. The maximum atomic E-state index is 12.3. The van der Waals surface area contributed by atoms with Crippen molar-refractivity contribution in [3.05, 3.63) is 69.8 Å². The van der Waals surface area contributed by atoms with E-state index in [2.05, 4.69) is 182 Å². The molecular formula is C63H102O3S3. The summed E-state index contributed by atoms with van der Waals surface area (Å²) in [6.45, 7) is 48.4. The van der Waals surface area contributed by atoms with E-state index in [0.29, 0.717) is 17.2 Å². The van der Waals surface area contributed by atoms with E-state index in [1.807, 2.05) is 35.3 Å². The summed E-state index contributed by atoms with van der Waals surface area (Å²) in [5.41, 5.74) is 4.92. The third-order valence-corrected chi connectivity index (χ3v) is 19.3. The van der Waals surface area contributed by atoms with E-state index in [9.17, 15) is 15.3 Å². The van der Waals surface area contributed by atoms with Gasteiger partial charge in [0.1, 0.15) is 17.2 Å². The first-order chi connectivity index (χ1) is 31.5. The lowest BCUT2D eigenvalue weighted by molar-refractivity contribution is 0.206. The lowest BCUT2D eigenvalue weighted by atomic mass is 9.71. The Labute approximate surface area is 438 Å². The predicted molar refractivity (Wildman–Crippen MR) is 308 cm³/mol. The van der Waals surface area contributed by atoms with Crippen LogP contribution in [0.1, 0.15) is 275 Å².